The van der Waals surface area contributed by atoms with Crippen molar-refractivity contribution in [3.05, 3.63) is 23.2 Å². The van der Waals surface area contributed by atoms with Crippen molar-refractivity contribution >= 4 is 27.3 Å². The van der Waals surface area contributed by atoms with Gasteiger partial charge in [-0.2, -0.15) is 0 Å². The van der Waals surface area contributed by atoms with E-state index in [1.54, 1.807) is 0 Å². The van der Waals surface area contributed by atoms with Crippen molar-refractivity contribution in [2.24, 2.45) is 5.92 Å². The van der Waals surface area contributed by atoms with Crippen molar-refractivity contribution in [1.82, 2.24) is 4.72 Å². The number of aliphatic hydroxyl groups excluding tert-OH is 1. The fourth-order valence-corrected chi connectivity index (χ4v) is 2.90. The van der Waals surface area contributed by atoms with Crippen LogP contribution in [0, 0.1) is 5.92 Å². The summed E-state index contributed by atoms with van der Waals surface area (Å²) in [5, 5.41) is 9.20. The van der Waals surface area contributed by atoms with Crippen molar-refractivity contribution < 1.29 is 13.5 Å². The van der Waals surface area contributed by atoms with Crippen LogP contribution in [0.15, 0.2) is 23.1 Å². The molecule has 4 N–H and O–H groups in total. The van der Waals surface area contributed by atoms with E-state index in [4.69, 9.17) is 22.4 Å². The molecule has 0 bridgehead atoms. The minimum absolute atomic E-state index is 0.0497. The van der Waals surface area contributed by atoms with Crippen molar-refractivity contribution in [1.29, 1.82) is 0 Å². The van der Waals surface area contributed by atoms with Gasteiger partial charge in [-0.15, -0.1) is 0 Å². The molecule has 1 aromatic carbocycles. The molecule has 0 aromatic heterocycles. The molecule has 0 saturated heterocycles. The molecule has 0 aliphatic carbocycles. The molecule has 0 amide bonds. The highest BCUT2D eigenvalue weighted by Gasteiger charge is 2.17. The number of aliphatic hydroxyl groups is 1. The minimum Gasteiger partial charge on any atom is -0.397 e. The summed E-state index contributed by atoms with van der Waals surface area (Å²) in [5.41, 5.74) is 5.82. The third kappa shape index (κ3) is 4.65. The molecule has 0 aliphatic rings. The number of benzene rings is 1. The Kier molecular flexibility index (Phi) is 6.06. The summed E-state index contributed by atoms with van der Waals surface area (Å²) in [6, 6.07) is 4.20. The average molecular weight is 307 g/mol. The number of nitrogens with one attached hydrogen (secondary N) is 1. The summed E-state index contributed by atoms with van der Waals surface area (Å²) >= 11 is 5.75. The third-order valence-electron chi connectivity index (χ3n) is 2.95. The fraction of sp³-hybridized carbons (Fsp3) is 0.500. The van der Waals surface area contributed by atoms with E-state index in [-0.39, 0.29) is 23.1 Å². The van der Waals surface area contributed by atoms with Crippen LogP contribution in [0.2, 0.25) is 5.02 Å². The predicted molar refractivity (Wildman–Crippen MR) is 76.5 cm³/mol. The Hall–Kier alpha value is -0.820. The smallest absolute Gasteiger partial charge is 0.240 e. The van der Waals surface area contributed by atoms with Gasteiger partial charge in [0.2, 0.25) is 10.0 Å². The van der Waals surface area contributed by atoms with Gasteiger partial charge in [0, 0.05) is 13.2 Å². The number of nitrogens with two attached hydrogens (primary N) is 1. The molecule has 7 heteroatoms. The Morgan fingerprint density at radius 2 is 2.16 bits per heavy atom. The Bertz CT molecular complexity index is 520. The van der Waals surface area contributed by atoms with Gasteiger partial charge in [0.05, 0.1) is 15.6 Å². The zero-order valence-electron chi connectivity index (χ0n) is 10.8. The van der Waals surface area contributed by atoms with E-state index in [2.05, 4.69) is 4.72 Å². The second-order valence-electron chi connectivity index (χ2n) is 4.32. The first-order valence-corrected chi connectivity index (χ1v) is 7.92. The summed E-state index contributed by atoms with van der Waals surface area (Å²) < 4.78 is 26.6. The topological polar surface area (TPSA) is 92.4 Å². The Morgan fingerprint density at radius 3 is 2.68 bits per heavy atom. The lowest BCUT2D eigenvalue weighted by Crippen LogP contribution is -2.29. The number of rotatable bonds is 7. The first-order valence-electron chi connectivity index (χ1n) is 6.06. The van der Waals surface area contributed by atoms with E-state index in [0.717, 1.165) is 6.42 Å². The highest BCUT2D eigenvalue weighted by atomic mass is 35.5. The van der Waals surface area contributed by atoms with Crippen molar-refractivity contribution in [2.45, 2.75) is 24.7 Å². The zero-order valence-corrected chi connectivity index (χ0v) is 12.3. The lowest BCUT2D eigenvalue weighted by Gasteiger charge is -2.14. The quantitative estimate of drug-likeness (QED) is 0.667. The Balaban J connectivity index is 2.78. The Morgan fingerprint density at radius 1 is 1.47 bits per heavy atom. The molecule has 0 saturated carbocycles. The van der Waals surface area contributed by atoms with Gasteiger partial charge in [-0.05, 0) is 30.5 Å². The average Bonchev–Trinajstić information content (AvgIpc) is 2.37. The van der Waals surface area contributed by atoms with E-state index in [9.17, 15) is 8.42 Å². The SMILES string of the molecule is CCC(CCO)CNS(=O)(=O)c1ccc(Cl)c(N)c1. The van der Waals surface area contributed by atoms with E-state index in [1.807, 2.05) is 6.92 Å². The van der Waals surface area contributed by atoms with Crippen molar-refractivity contribution in [3.63, 3.8) is 0 Å². The van der Waals surface area contributed by atoms with Crippen LogP contribution >= 0.6 is 11.6 Å². The number of nitrogen functional groups attached to an aromatic ring is 1. The number of halogens is 1. The molecular weight excluding hydrogens is 288 g/mol. The molecule has 19 heavy (non-hydrogen) atoms. The van der Waals surface area contributed by atoms with Crippen LogP contribution in [0.3, 0.4) is 0 Å². The van der Waals surface area contributed by atoms with E-state index in [0.29, 0.717) is 18.0 Å². The maximum atomic E-state index is 12.0. The Labute approximate surface area is 118 Å². The predicted octanol–water partition coefficient (Wildman–Crippen LogP) is 1.61. The van der Waals surface area contributed by atoms with Crippen LogP contribution < -0.4 is 10.5 Å². The molecule has 108 valence electrons. The largest absolute Gasteiger partial charge is 0.397 e. The van der Waals surface area contributed by atoms with Gasteiger partial charge in [0.15, 0.2) is 0 Å². The minimum atomic E-state index is -3.59. The number of hydrogen-bond donors (Lipinski definition) is 3. The molecular formula is C12H19ClN2O3S. The van der Waals surface area contributed by atoms with E-state index < -0.39 is 10.0 Å². The van der Waals surface area contributed by atoms with E-state index >= 15 is 0 Å². The van der Waals surface area contributed by atoms with Gasteiger partial charge in [0.25, 0.3) is 0 Å². The van der Waals surface area contributed by atoms with Crippen LogP contribution in [0.25, 0.3) is 0 Å². The normalized spacial score (nSPS) is 13.4. The van der Waals surface area contributed by atoms with Gasteiger partial charge < -0.3 is 10.8 Å². The van der Waals surface area contributed by atoms with Crippen molar-refractivity contribution in [3.8, 4) is 0 Å². The maximum Gasteiger partial charge on any atom is 0.240 e. The molecule has 0 aliphatic heterocycles. The molecule has 0 radical (unpaired) electrons. The molecule has 0 fully saturated rings. The van der Waals surface area contributed by atoms with Crippen LogP contribution in [-0.4, -0.2) is 26.7 Å². The van der Waals surface area contributed by atoms with Crippen LogP contribution in [0.1, 0.15) is 19.8 Å². The second kappa shape index (κ2) is 7.09. The highest BCUT2D eigenvalue weighted by molar-refractivity contribution is 7.89. The standard InChI is InChI=1S/C12H19ClN2O3S/c1-2-9(5-6-16)8-15-19(17,18)10-3-4-11(13)12(14)7-10/h3-4,7,9,15-16H,2,5-6,8,14H2,1H3. The zero-order chi connectivity index (χ0) is 14.5. The van der Waals surface area contributed by atoms with Crippen LogP contribution in [0.4, 0.5) is 5.69 Å². The molecule has 5 nitrogen and oxygen atoms in total. The highest BCUT2D eigenvalue weighted by Crippen LogP contribution is 2.22. The number of anilines is 1. The van der Waals surface area contributed by atoms with Gasteiger partial charge in [-0.1, -0.05) is 24.9 Å². The first kappa shape index (κ1) is 16.2. The van der Waals surface area contributed by atoms with Gasteiger partial charge in [-0.3, -0.25) is 0 Å². The van der Waals surface area contributed by atoms with E-state index in [1.165, 1.54) is 18.2 Å². The third-order valence-corrected chi connectivity index (χ3v) is 4.72. The molecule has 1 aromatic rings. The summed E-state index contributed by atoms with van der Waals surface area (Å²) in [5.74, 6) is 0.115. The summed E-state index contributed by atoms with van der Waals surface area (Å²) in [6.07, 6.45) is 1.37. The van der Waals surface area contributed by atoms with Crippen LogP contribution in [-0.2, 0) is 10.0 Å². The lowest BCUT2D eigenvalue weighted by molar-refractivity contribution is 0.254. The number of sulfonamides is 1. The molecule has 1 unspecified atom stereocenters. The van der Waals surface area contributed by atoms with Gasteiger partial charge in [0.1, 0.15) is 0 Å². The number of hydrogen-bond acceptors (Lipinski definition) is 4. The van der Waals surface area contributed by atoms with Crippen molar-refractivity contribution in [2.75, 3.05) is 18.9 Å². The first-order chi connectivity index (χ1) is 8.90. The molecule has 0 spiro atoms. The summed E-state index contributed by atoms with van der Waals surface area (Å²) in [7, 11) is -3.59. The fourth-order valence-electron chi connectivity index (χ4n) is 1.63. The molecule has 0 heterocycles. The summed E-state index contributed by atoms with van der Waals surface area (Å²) in [6.45, 7) is 2.30. The molecule has 1 rings (SSSR count). The summed E-state index contributed by atoms with van der Waals surface area (Å²) in [4.78, 5) is 0.0910. The monoisotopic (exact) mass is 306 g/mol. The second-order valence-corrected chi connectivity index (χ2v) is 6.50. The molecule has 1 atom stereocenters. The van der Waals surface area contributed by atoms with Gasteiger partial charge in [-0.25, -0.2) is 13.1 Å². The van der Waals surface area contributed by atoms with Crippen LogP contribution in [0.5, 0.6) is 0 Å². The van der Waals surface area contributed by atoms with Gasteiger partial charge >= 0.3 is 0 Å². The maximum absolute atomic E-state index is 12.0. The lowest BCUT2D eigenvalue weighted by atomic mass is 10.0.